The zero-order valence-corrected chi connectivity index (χ0v) is 27.1. The molecule has 6 rings (SSSR count). The van der Waals surface area contributed by atoms with E-state index in [1.165, 1.54) is 5.56 Å². The Morgan fingerprint density at radius 2 is 1.25 bits per heavy atom. The van der Waals surface area contributed by atoms with Gasteiger partial charge in [0.2, 0.25) is 14.8 Å². The number of carbonyl (C=O) groups excluding carboxylic acids is 1. The van der Waals surface area contributed by atoms with E-state index in [4.69, 9.17) is 9.41 Å². The van der Waals surface area contributed by atoms with E-state index in [2.05, 4.69) is 129 Å². The minimum Gasteiger partial charge on any atom is -0.546 e. The molecule has 5 aromatic carbocycles. The number of rotatable bonds is 8. The van der Waals surface area contributed by atoms with Crippen LogP contribution in [0.4, 0.5) is 0 Å². The molecule has 0 N–H and O–H groups in total. The van der Waals surface area contributed by atoms with Gasteiger partial charge in [-0.2, -0.15) is 0 Å². The molecule has 6 aromatic rings. The van der Waals surface area contributed by atoms with Crippen molar-refractivity contribution >= 4 is 25.6 Å². The van der Waals surface area contributed by atoms with Gasteiger partial charge >= 0.3 is 0 Å². The molecule has 0 spiro atoms. The lowest BCUT2D eigenvalue weighted by Crippen LogP contribution is -2.37. The molecule has 0 radical (unpaired) electrons. The molecular weight excluding hydrogens is 557 g/mol. The molecule has 0 fully saturated rings. The van der Waals surface area contributed by atoms with Gasteiger partial charge in [-0.25, -0.2) is 4.98 Å². The number of imidazole rings is 1. The van der Waals surface area contributed by atoms with Gasteiger partial charge in [0.05, 0.1) is 11.9 Å². The van der Waals surface area contributed by atoms with Crippen LogP contribution in [0.3, 0.4) is 0 Å². The van der Waals surface area contributed by atoms with Crippen molar-refractivity contribution in [1.82, 2.24) is 9.55 Å². The van der Waals surface area contributed by atoms with Crippen LogP contribution in [-0.2, 0) is 11.0 Å². The maximum atomic E-state index is 14.3. The number of carbonyl (C=O) groups is 1. The number of hydrogen-bond donors (Lipinski definition) is 0. The number of fused-ring (bicyclic) bond motifs is 1. The van der Waals surface area contributed by atoms with Gasteiger partial charge in [0.15, 0.2) is 0 Å². The average Bonchev–Trinajstić information content (AvgIpc) is 3.52. The molecule has 0 amide bonds. The Labute approximate surface area is 261 Å². The average molecular weight is 595 g/mol. The van der Waals surface area contributed by atoms with Crippen molar-refractivity contribution in [2.75, 3.05) is 0 Å². The predicted molar refractivity (Wildman–Crippen MR) is 182 cm³/mol. The van der Waals surface area contributed by atoms with Gasteiger partial charge in [-0.1, -0.05) is 136 Å². The first-order valence-corrected chi connectivity index (χ1v) is 18.0. The summed E-state index contributed by atoms with van der Waals surface area (Å²) < 4.78 is 8.57. The van der Waals surface area contributed by atoms with Crippen LogP contribution >= 0.6 is 0 Å². The second kappa shape index (κ2) is 11.7. The summed E-state index contributed by atoms with van der Waals surface area (Å²) in [5, 5.41) is 2.03. The molecule has 1 heterocycles. The number of aromatic nitrogens is 2. The van der Waals surface area contributed by atoms with E-state index < -0.39 is 14.6 Å². The highest BCUT2D eigenvalue weighted by Crippen LogP contribution is 2.41. The largest absolute Gasteiger partial charge is 0.546 e. The molecule has 0 saturated heterocycles. The molecule has 0 bridgehead atoms. The molecule has 0 unspecified atom stereocenters. The lowest BCUT2D eigenvalue weighted by molar-refractivity contribution is 0.103. The van der Waals surface area contributed by atoms with Crippen LogP contribution in [0.25, 0.3) is 10.8 Å². The number of hydrogen-bond acceptors (Lipinski definition) is 3. The van der Waals surface area contributed by atoms with Crippen molar-refractivity contribution in [3.63, 3.8) is 0 Å². The van der Waals surface area contributed by atoms with Crippen LogP contribution in [0.15, 0.2) is 134 Å². The third-order valence-corrected chi connectivity index (χ3v) is 8.92. The molecule has 0 atom stereocenters. The highest BCUT2D eigenvalue weighted by Gasteiger charge is 2.39. The fourth-order valence-corrected chi connectivity index (χ4v) is 6.78. The molecule has 1 aromatic heterocycles. The minimum atomic E-state index is -1.54. The Balaban J connectivity index is 1.53. The molecule has 5 heteroatoms. The Hall–Kier alpha value is -4.74. The maximum Gasteiger partial charge on any atom is 0.229 e. The summed E-state index contributed by atoms with van der Waals surface area (Å²) >= 11 is 0. The molecule has 44 heavy (non-hydrogen) atoms. The molecule has 220 valence electrons. The minimum absolute atomic E-state index is 0.0199. The summed E-state index contributed by atoms with van der Waals surface area (Å²) in [6, 6.07) is 41.6. The van der Waals surface area contributed by atoms with Gasteiger partial charge in [0.1, 0.15) is 17.0 Å². The van der Waals surface area contributed by atoms with Crippen LogP contribution in [0.1, 0.15) is 59.1 Å². The van der Waals surface area contributed by atoms with Crippen molar-refractivity contribution in [1.29, 1.82) is 0 Å². The topological polar surface area (TPSA) is 44.1 Å². The summed E-state index contributed by atoms with van der Waals surface area (Å²) in [6.45, 7) is 10.9. The second-order valence-electron chi connectivity index (χ2n) is 12.6. The zero-order chi connectivity index (χ0) is 30.9. The first-order valence-electron chi connectivity index (χ1n) is 15.2. The van der Waals surface area contributed by atoms with E-state index in [9.17, 15) is 4.79 Å². The lowest BCUT2D eigenvalue weighted by Gasteiger charge is -2.37. The van der Waals surface area contributed by atoms with Crippen molar-refractivity contribution in [2.24, 2.45) is 0 Å². The normalized spacial score (nSPS) is 12.0. The van der Waals surface area contributed by atoms with E-state index in [-0.39, 0.29) is 11.2 Å². The second-order valence-corrected chi connectivity index (χ2v) is 14.9. The van der Waals surface area contributed by atoms with Crippen LogP contribution in [0, 0.1) is 0 Å². The van der Waals surface area contributed by atoms with Crippen LogP contribution in [0.2, 0.25) is 13.1 Å². The van der Waals surface area contributed by atoms with Gasteiger partial charge in [-0.3, -0.25) is 4.79 Å². The number of nitrogens with zero attached hydrogens (tertiary/aromatic N) is 2. The third kappa shape index (κ3) is 5.29. The Bertz CT molecular complexity index is 1810. The molecule has 0 aliphatic carbocycles. The third-order valence-electron chi connectivity index (χ3n) is 8.21. The molecule has 0 aliphatic heterocycles. The van der Waals surface area contributed by atoms with Gasteiger partial charge < -0.3 is 8.99 Å². The molecular formula is C39H38N2O2Si. The molecule has 0 aliphatic rings. The highest BCUT2D eigenvalue weighted by molar-refractivity contribution is 6.49. The van der Waals surface area contributed by atoms with E-state index in [1.807, 2.05) is 36.5 Å². The Morgan fingerprint density at radius 1 is 0.705 bits per heavy atom. The summed E-state index contributed by atoms with van der Waals surface area (Å²) in [5.74, 6) is 0.503. The number of benzene rings is 5. The maximum absolute atomic E-state index is 14.3. The van der Waals surface area contributed by atoms with Crippen molar-refractivity contribution in [3.8, 4) is 5.75 Å². The van der Waals surface area contributed by atoms with E-state index in [0.29, 0.717) is 17.0 Å². The fourth-order valence-electron chi connectivity index (χ4n) is 6.06. The van der Waals surface area contributed by atoms with Gasteiger partial charge in [-0.15, -0.1) is 0 Å². The summed E-state index contributed by atoms with van der Waals surface area (Å²) in [5.41, 5.74) is 4.65. The zero-order valence-electron chi connectivity index (χ0n) is 26.0. The first kappa shape index (κ1) is 29.3. The molecule has 0 saturated carbocycles. The quantitative estimate of drug-likeness (QED) is 0.101. The van der Waals surface area contributed by atoms with Gasteiger partial charge in [0, 0.05) is 11.6 Å². The van der Waals surface area contributed by atoms with Gasteiger partial charge in [0.25, 0.3) is 0 Å². The Kier molecular flexibility index (Phi) is 7.83. The SMILES string of the molecule is C[SiH](C)Oc1c(C(=O)c2cn(C(c3ccccc3)(c3ccccc3)c3ccccc3)cn2)ccc2cc(C(C)(C)C)ccc12. The smallest absolute Gasteiger partial charge is 0.229 e. The number of ketones is 1. The molecule has 4 nitrogen and oxygen atoms in total. The van der Waals surface area contributed by atoms with Crippen molar-refractivity contribution < 1.29 is 9.22 Å². The van der Waals surface area contributed by atoms with Crippen LogP contribution in [-0.4, -0.2) is 24.4 Å². The van der Waals surface area contributed by atoms with Crippen LogP contribution < -0.4 is 4.43 Å². The van der Waals surface area contributed by atoms with E-state index in [1.54, 1.807) is 6.33 Å². The first-order chi connectivity index (χ1) is 21.2. The van der Waals surface area contributed by atoms with Crippen molar-refractivity contribution in [3.05, 3.63) is 167 Å². The van der Waals surface area contributed by atoms with E-state index in [0.717, 1.165) is 27.5 Å². The predicted octanol–water partition coefficient (Wildman–Crippen LogP) is 8.77. The fraction of sp³-hybridized carbons (Fsp3) is 0.179. The summed E-state index contributed by atoms with van der Waals surface area (Å²) in [4.78, 5) is 19.1. The summed E-state index contributed by atoms with van der Waals surface area (Å²) in [7, 11) is -1.54. The standard InChI is InChI=1S/C39H38N2O2Si/c1-38(2,3)32-22-24-33-28(25-32)21-23-34(37(33)43-44(4)5)36(42)35-26-41(27-40-35)39(29-15-9-6-10-16-29,30-17-11-7-12-18-30)31-19-13-8-14-20-31/h6-27,44H,1-5H3. The van der Waals surface area contributed by atoms with Crippen molar-refractivity contribution in [2.45, 2.75) is 44.8 Å². The Morgan fingerprint density at radius 3 is 1.75 bits per heavy atom. The van der Waals surface area contributed by atoms with E-state index >= 15 is 0 Å². The summed E-state index contributed by atoms with van der Waals surface area (Å²) in [6.07, 6.45) is 3.67. The monoisotopic (exact) mass is 594 g/mol. The van der Waals surface area contributed by atoms with Crippen LogP contribution in [0.5, 0.6) is 5.75 Å². The lowest BCUT2D eigenvalue weighted by atomic mass is 9.77. The van der Waals surface area contributed by atoms with Gasteiger partial charge in [-0.05, 0) is 52.2 Å². The highest BCUT2D eigenvalue weighted by atomic mass is 28.3.